The molecule has 39 heavy (non-hydrogen) atoms. The van der Waals surface area contributed by atoms with Gasteiger partial charge in [-0.1, -0.05) is 72.2 Å². The first kappa shape index (κ1) is 30.2. The molecule has 0 heterocycles. The molecule has 0 fully saturated rings. The molecule has 0 unspecified atom stereocenters. The average molecular weight is 617 g/mol. The molecule has 3 aromatic rings. The van der Waals surface area contributed by atoms with Crippen molar-refractivity contribution >= 4 is 43.5 Å². The summed E-state index contributed by atoms with van der Waals surface area (Å²) in [6, 6.07) is 21.1. The zero-order valence-corrected chi connectivity index (χ0v) is 24.9. The fraction of sp³-hybridized carbons (Fsp3) is 0.310. The Balaban J connectivity index is 2.04. The van der Waals surface area contributed by atoms with Crippen LogP contribution in [0.5, 0.6) is 5.75 Å². The van der Waals surface area contributed by atoms with Crippen molar-refractivity contribution in [2.24, 2.45) is 5.92 Å². The monoisotopic (exact) mass is 615 g/mol. The van der Waals surface area contributed by atoms with Gasteiger partial charge in [-0.25, -0.2) is 8.42 Å². The lowest BCUT2D eigenvalue weighted by atomic mass is 10.1. The van der Waals surface area contributed by atoms with Crippen molar-refractivity contribution in [3.8, 4) is 5.75 Å². The second-order valence-corrected chi connectivity index (χ2v) is 12.2. The van der Waals surface area contributed by atoms with E-state index < -0.39 is 28.5 Å². The number of amides is 2. The number of carbonyl (C=O) groups excluding carboxylic acids is 2. The van der Waals surface area contributed by atoms with Crippen molar-refractivity contribution in [1.29, 1.82) is 0 Å². The van der Waals surface area contributed by atoms with Crippen molar-refractivity contribution in [2.75, 3.05) is 24.5 Å². The van der Waals surface area contributed by atoms with Gasteiger partial charge >= 0.3 is 0 Å². The number of hydrogen-bond donors (Lipinski definition) is 1. The maximum atomic E-state index is 14.0. The van der Waals surface area contributed by atoms with Crippen molar-refractivity contribution in [2.45, 2.75) is 38.3 Å². The number of carbonyl (C=O) groups is 2. The van der Waals surface area contributed by atoms with E-state index in [1.807, 2.05) is 38.1 Å². The van der Waals surface area contributed by atoms with Gasteiger partial charge in [0.1, 0.15) is 18.3 Å². The second-order valence-electron chi connectivity index (χ2n) is 9.46. The number of ether oxygens (including phenoxy) is 1. The molecule has 3 aromatic carbocycles. The zero-order valence-electron chi connectivity index (χ0n) is 22.5. The van der Waals surface area contributed by atoms with Crippen molar-refractivity contribution in [3.63, 3.8) is 0 Å². The minimum absolute atomic E-state index is 0.0324. The van der Waals surface area contributed by atoms with E-state index in [-0.39, 0.29) is 29.0 Å². The SMILES string of the molecule is COc1ccccc1N(CC(=O)N(Cc1cccc(Br)c1)[C@H](C)C(=O)NCC(C)C)S(=O)(=O)c1ccccc1. The molecule has 0 bridgehead atoms. The number of nitrogens with one attached hydrogen (secondary N) is 1. The fourth-order valence-corrected chi connectivity index (χ4v) is 5.83. The lowest BCUT2D eigenvalue weighted by Crippen LogP contribution is -2.51. The number of halogens is 1. The third kappa shape index (κ3) is 7.83. The Morgan fingerprint density at radius 2 is 1.62 bits per heavy atom. The molecule has 2 amide bonds. The maximum absolute atomic E-state index is 14.0. The summed E-state index contributed by atoms with van der Waals surface area (Å²) in [5.74, 6) is -0.326. The lowest BCUT2D eigenvalue weighted by molar-refractivity contribution is -0.139. The molecule has 3 rings (SSSR count). The van der Waals surface area contributed by atoms with Crippen LogP contribution in [0.4, 0.5) is 5.69 Å². The summed E-state index contributed by atoms with van der Waals surface area (Å²) in [6.07, 6.45) is 0. The van der Waals surface area contributed by atoms with E-state index in [9.17, 15) is 18.0 Å². The Kier molecular flexibility index (Phi) is 10.5. The smallest absolute Gasteiger partial charge is 0.264 e. The van der Waals surface area contributed by atoms with Crippen molar-refractivity contribution in [3.05, 3.63) is 88.9 Å². The third-order valence-electron chi connectivity index (χ3n) is 6.06. The first-order valence-corrected chi connectivity index (χ1v) is 14.8. The third-order valence-corrected chi connectivity index (χ3v) is 8.32. The molecule has 0 saturated carbocycles. The first-order chi connectivity index (χ1) is 18.5. The molecular formula is C29H34BrN3O5S. The van der Waals surface area contributed by atoms with Crippen LogP contribution >= 0.6 is 15.9 Å². The molecule has 0 aliphatic carbocycles. The number of nitrogens with zero attached hydrogens (tertiary/aromatic N) is 2. The number of sulfonamides is 1. The van der Waals surface area contributed by atoms with E-state index in [2.05, 4.69) is 21.2 Å². The molecule has 0 aromatic heterocycles. The molecule has 208 valence electrons. The summed E-state index contributed by atoms with van der Waals surface area (Å²) in [7, 11) is -2.73. The normalized spacial score (nSPS) is 12.1. The van der Waals surface area contributed by atoms with Crippen LogP contribution in [0, 0.1) is 5.92 Å². The average Bonchev–Trinajstić information content (AvgIpc) is 2.93. The number of benzene rings is 3. The molecule has 10 heteroatoms. The highest BCUT2D eigenvalue weighted by Gasteiger charge is 2.33. The Bertz CT molecular complexity index is 1380. The van der Waals surface area contributed by atoms with Crippen molar-refractivity contribution in [1.82, 2.24) is 10.2 Å². The summed E-state index contributed by atoms with van der Waals surface area (Å²) >= 11 is 3.45. The van der Waals surface area contributed by atoms with E-state index in [0.717, 1.165) is 14.3 Å². The van der Waals surface area contributed by atoms with E-state index in [1.54, 1.807) is 49.4 Å². The van der Waals surface area contributed by atoms with Gasteiger partial charge in [-0.15, -0.1) is 0 Å². The molecular weight excluding hydrogens is 582 g/mol. The van der Waals surface area contributed by atoms with Gasteiger partial charge in [0, 0.05) is 17.6 Å². The van der Waals surface area contributed by atoms with E-state index in [0.29, 0.717) is 12.3 Å². The molecule has 0 saturated heterocycles. The minimum Gasteiger partial charge on any atom is -0.495 e. The lowest BCUT2D eigenvalue weighted by Gasteiger charge is -2.32. The van der Waals surface area contributed by atoms with Gasteiger partial charge in [0.2, 0.25) is 11.8 Å². The second kappa shape index (κ2) is 13.6. The predicted octanol–water partition coefficient (Wildman–Crippen LogP) is 4.84. The van der Waals surface area contributed by atoms with Crippen LogP contribution in [0.15, 0.2) is 88.2 Å². The topological polar surface area (TPSA) is 96.0 Å². The summed E-state index contributed by atoms with van der Waals surface area (Å²) in [5, 5.41) is 2.88. The largest absolute Gasteiger partial charge is 0.495 e. The van der Waals surface area contributed by atoms with Crippen LogP contribution in [0.1, 0.15) is 26.3 Å². The first-order valence-electron chi connectivity index (χ1n) is 12.6. The van der Waals surface area contributed by atoms with Crippen LogP contribution in [0.3, 0.4) is 0 Å². The molecule has 8 nitrogen and oxygen atoms in total. The Morgan fingerprint density at radius 3 is 2.26 bits per heavy atom. The van der Waals surface area contributed by atoms with Crippen LogP contribution in [0.25, 0.3) is 0 Å². The zero-order chi connectivity index (χ0) is 28.6. The molecule has 1 N–H and O–H groups in total. The van der Waals surface area contributed by atoms with Crippen LogP contribution < -0.4 is 14.4 Å². The highest BCUT2D eigenvalue weighted by atomic mass is 79.9. The summed E-state index contributed by atoms with van der Waals surface area (Å²) in [4.78, 5) is 28.5. The van der Waals surface area contributed by atoms with Gasteiger partial charge in [0.05, 0.1) is 17.7 Å². The highest BCUT2D eigenvalue weighted by molar-refractivity contribution is 9.10. The van der Waals surface area contributed by atoms with E-state index in [1.165, 1.54) is 24.1 Å². The minimum atomic E-state index is -4.16. The number of methoxy groups -OCH3 is 1. The van der Waals surface area contributed by atoms with Gasteiger partial charge in [-0.2, -0.15) is 0 Å². The van der Waals surface area contributed by atoms with Gasteiger partial charge in [0.25, 0.3) is 10.0 Å². The Morgan fingerprint density at radius 1 is 0.949 bits per heavy atom. The molecule has 0 aliphatic rings. The number of anilines is 1. The van der Waals surface area contributed by atoms with Crippen molar-refractivity contribution < 1.29 is 22.7 Å². The Labute approximate surface area is 239 Å². The van der Waals surface area contributed by atoms with Crippen LogP contribution in [0.2, 0.25) is 0 Å². The van der Waals surface area contributed by atoms with E-state index in [4.69, 9.17) is 4.74 Å². The summed E-state index contributed by atoms with van der Waals surface area (Å²) in [5.41, 5.74) is 1.01. The summed E-state index contributed by atoms with van der Waals surface area (Å²) < 4.78 is 35.0. The van der Waals surface area contributed by atoms with Crippen LogP contribution in [-0.2, 0) is 26.2 Å². The number of para-hydroxylation sites is 2. The standard InChI is InChI=1S/C29H34BrN3O5S/c1-21(2)18-31-29(35)22(3)32(19-23-11-10-12-24(30)17-23)28(34)20-33(26-15-8-9-16-27(26)38-4)39(36,37)25-13-6-5-7-14-25/h5-17,21-22H,18-20H2,1-4H3,(H,31,35)/t22-/m1/s1. The number of hydrogen-bond acceptors (Lipinski definition) is 5. The number of rotatable bonds is 12. The van der Waals surface area contributed by atoms with Gasteiger partial charge in [-0.3, -0.25) is 13.9 Å². The molecule has 0 radical (unpaired) electrons. The van der Waals surface area contributed by atoms with Crippen LogP contribution in [-0.4, -0.2) is 51.4 Å². The molecule has 0 aliphatic heterocycles. The maximum Gasteiger partial charge on any atom is 0.264 e. The highest BCUT2D eigenvalue weighted by Crippen LogP contribution is 2.32. The van der Waals surface area contributed by atoms with E-state index >= 15 is 0 Å². The summed E-state index contributed by atoms with van der Waals surface area (Å²) in [6.45, 7) is 5.64. The molecule has 0 spiro atoms. The van der Waals surface area contributed by atoms with Gasteiger partial charge in [-0.05, 0) is 54.8 Å². The molecule has 1 atom stereocenters. The predicted molar refractivity (Wildman–Crippen MR) is 156 cm³/mol. The van der Waals surface area contributed by atoms with Gasteiger partial charge in [0.15, 0.2) is 0 Å². The quantitative estimate of drug-likeness (QED) is 0.314. The fourth-order valence-electron chi connectivity index (χ4n) is 3.94. The Hall–Kier alpha value is -3.37. The van der Waals surface area contributed by atoms with Gasteiger partial charge < -0.3 is 15.0 Å².